The second-order valence-corrected chi connectivity index (χ2v) is 5.28. The lowest BCUT2D eigenvalue weighted by Gasteiger charge is -2.12. The molecular formula is C20H22O5. The molecule has 132 valence electrons. The van der Waals surface area contributed by atoms with Crippen molar-refractivity contribution in [3.8, 4) is 17.2 Å². The van der Waals surface area contributed by atoms with Crippen molar-refractivity contribution in [3.05, 3.63) is 59.7 Å². The zero-order chi connectivity index (χ0) is 18.1. The third-order valence-corrected chi connectivity index (χ3v) is 3.55. The van der Waals surface area contributed by atoms with Crippen LogP contribution in [0, 0.1) is 0 Å². The van der Waals surface area contributed by atoms with Gasteiger partial charge in [0.1, 0.15) is 19.0 Å². The third kappa shape index (κ3) is 5.88. The first-order chi connectivity index (χ1) is 12.1. The maximum absolute atomic E-state index is 10.6. The SMILES string of the molecule is CCc1ccc(OCCOc2cc(C=CC(=O)O)ccc2OC)cc1. The Kier molecular flexibility index (Phi) is 6.89. The summed E-state index contributed by atoms with van der Waals surface area (Å²) in [5.41, 5.74) is 1.98. The smallest absolute Gasteiger partial charge is 0.328 e. The van der Waals surface area contributed by atoms with Gasteiger partial charge in [-0.05, 0) is 47.9 Å². The molecule has 0 heterocycles. The van der Waals surface area contributed by atoms with Crippen molar-refractivity contribution in [2.45, 2.75) is 13.3 Å². The molecule has 0 fully saturated rings. The number of aliphatic carboxylic acids is 1. The molecule has 5 heteroatoms. The second kappa shape index (κ2) is 9.37. The van der Waals surface area contributed by atoms with Gasteiger partial charge in [-0.1, -0.05) is 25.1 Å². The minimum atomic E-state index is -0.999. The molecule has 0 bridgehead atoms. The van der Waals surface area contributed by atoms with Gasteiger partial charge >= 0.3 is 5.97 Å². The second-order valence-electron chi connectivity index (χ2n) is 5.28. The van der Waals surface area contributed by atoms with Crippen molar-refractivity contribution >= 4 is 12.0 Å². The average molecular weight is 342 g/mol. The highest BCUT2D eigenvalue weighted by molar-refractivity contribution is 5.85. The Morgan fingerprint density at radius 3 is 2.40 bits per heavy atom. The van der Waals surface area contributed by atoms with Crippen molar-refractivity contribution in [2.75, 3.05) is 20.3 Å². The number of ether oxygens (including phenoxy) is 3. The van der Waals surface area contributed by atoms with Gasteiger partial charge in [0.15, 0.2) is 11.5 Å². The number of rotatable bonds is 9. The minimum Gasteiger partial charge on any atom is -0.493 e. The summed E-state index contributed by atoms with van der Waals surface area (Å²) < 4.78 is 16.6. The summed E-state index contributed by atoms with van der Waals surface area (Å²) in [5.74, 6) is 0.923. The Morgan fingerprint density at radius 1 is 1.04 bits per heavy atom. The quantitative estimate of drug-likeness (QED) is 0.554. The Morgan fingerprint density at radius 2 is 1.76 bits per heavy atom. The number of hydrogen-bond donors (Lipinski definition) is 1. The molecule has 0 aromatic heterocycles. The van der Waals surface area contributed by atoms with Crippen LogP contribution < -0.4 is 14.2 Å². The summed E-state index contributed by atoms with van der Waals surface area (Å²) >= 11 is 0. The molecule has 0 radical (unpaired) electrons. The van der Waals surface area contributed by atoms with Crippen LogP contribution in [0.5, 0.6) is 17.2 Å². The Labute approximate surface area is 147 Å². The molecule has 0 aliphatic rings. The van der Waals surface area contributed by atoms with Gasteiger partial charge in [-0.2, -0.15) is 0 Å². The fraction of sp³-hybridized carbons (Fsp3) is 0.250. The van der Waals surface area contributed by atoms with Crippen molar-refractivity contribution in [1.29, 1.82) is 0 Å². The van der Waals surface area contributed by atoms with Crippen molar-refractivity contribution in [3.63, 3.8) is 0 Å². The molecule has 25 heavy (non-hydrogen) atoms. The van der Waals surface area contributed by atoms with Crippen LogP contribution in [-0.2, 0) is 11.2 Å². The minimum absolute atomic E-state index is 0.345. The first-order valence-electron chi connectivity index (χ1n) is 8.06. The number of aryl methyl sites for hydroxylation is 1. The van der Waals surface area contributed by atoms with E-state index in [1.165, 1.54) is 11.6 Å². The van der Waals surface area contributed by atoms with Gasteiger partial charge in [0, 0.05) is 6.08 Å². The van der Waals surface area contributed by atoms with Crippen LogP contribution in [0.3, 0.4) is 0 Å². The standard InChI is InChI=1S/C20H22O5/c1-3-15-4-8-17(9-5-15)24-12-13-25-19-14-16(7-11-20(21)22)6-10-18(19)23-2/h4-11,14H,3,12-13H2,1-2H3,(H,21,22). The molecule has 0 spiro atoms. The molecule has 0 amide bonds. The molecular weight excluding hydrogens is 320 g/mol. The number of benzene rings is 2. The summed E-state index contributed by atoms with van der Waals surface area (Å²) in [5, 5.41) is 8.70. The van der Waals surface area contributed by atoms with Crippen LogP contribution in [0.2, 0.25) is 0 Å². The molecule has 0 saturated heterocycles. The van der Waals surface area contributed by atoms with Crippen molar-refractivity contribution in [2.24, 2.45) is 0 Å². The van der Waals surface area contributed by atoms with Crippen LogP contribution >= 0.6 is 0 Å². The number of carbonyl (C=O) groups is 1. The first kappa shape index (κ1) is 18.4. The van der Waals surface area contributed by atoms with E-state index in [1.54, 1.807) is 25.3 Å². The lowest BCUT2D eigenvalue weighted by Crippen LogP contribution is -2.09. The number of carboxylic acids is 1. The van der Waals surface area contributed by atoms with E-state index < -0.39 is 5.97 Å². The summed E-state index contributed by atoms with van der Waals surface area (Å²) in [6.07, 6.45) is 3.57. The summed E-state index contributed by atoms with van der Waals surface area (Å²) in [7, 11) is 1.56. The normalized spacial score (nSPS) is 10.6. The van der Waals surface area contributed by atoms with E-state index in [0.717, 1.165) is 18.2 Å². The summed E-state index contributed by atoms with van der Waals surface area (Å²) in [4.78, 5) is 10.6. The van der Waals surface area contributed by atoms with Crippen LogP contribution in [0.4, 0.5) is 0 Å². The van der Waals surface area contributed by atoms with E-state index in [4.69, 9.17) is 19.3 Å². The maximum Gasteiger partial charge on any atom is 0.328 e. The molecule has 0 atom stereocenters. The highest BCUT2D eigenvalue weighted by atomic mass is 16.5. The van der Waals surface area contributed by atoms with Gasteiger partial charge in [0.25, 0.3) is 0 Å². The van der Waals surface area contributed by atoms with Crippen LogP contribution in [0.15, 0.2) is 48.5 Å². The predicted molar refractivity (Wildman–Crippen MR) is 96.5 cm³/mol. The van der Waals surface area contributed by atoms with Gasteiger partial charge in [-0.3, -0.25) is 0 Å². The highest BCUT2D eigenvalue weighted by Gasteiger charge is 2.05. The van der Waals surface area contributed by atoms with Gasteiger partial charge in [-0.15, -0.1) is 0 Å². The van der Waals surface area contributed by atoms with E-state index in [-0.39, 0.29) is 0 Å². The number of hydrogen-bond acceptors (Lipinski definition) is 4. The number of methoxy groups -OCH3 is 1. The van der Waals surface area contributed by atoms with Gasteiger partial charge in [0.2, 0.25) is 0 Å². The third-order valence-electron chi connectivity index (χ3n) is 3.55. The fourth-order valence-electron chi connectivity index (χ4n) is 2.21. The monoisotopic (exact) mass is 342 g/mol. The van der Waals surface area contributed by atoms with Crippen molar-refractivity contribution < 1.29 is 24.1 Å². The molecule has 5 nitrogen and oxygen atoms in total. The molecule has 2 rings (SSSR count). The topological polar surface area (TPSA) is 65.0 Å². The first-order valence-corrected chi connectivity index (χ1v) is 8.06. The van der Waals surface area contributed by atoms with Gasteiger partial charge < -0.3 is 19.3 Å². The highest BCUT2D eigenvalue weighted by Crippen LogP contribution is 2.28. The molecule has 0 saturated carbocycles. The van der Waals surface area contributed by atoms with Crippen LogP contribution in [0.1, 0.15) is 18.1 Å². The maximum atomic E-state index is 10.6. The van der Waals surface area contributed by atoms with E-state index in [9.17, 15) is 4.79 Å². The zero-order valence-corrected chi connectivity index (χ0v) is 14.4. The largest absolute Gasteiger partial charge is 0.493 e. The summed E-state index contributed by atoms with van der Waals surface area (Å²) in [6, 6.07) is 13.2. The van der Waals surface area contributed by atoms with Gasteiger partial charge in [0.05, 0.1) is 7.11 Å². The molecule has 2 aromatic rings. The molecule has 1 N–H and O–H groups in total. The molecule has 0 aliphatic heterocycles. The predicted octanol–water partition coefficient (Wildman–Crippen LogP) is 3.81. The zero-order valence-electron chi connectivity index (χ0n) is 14.4. The van der Waals surface area contributed by atoms with E-state index >= 15 is 0 Å². The van der Waals surface area contributed by atoms with E-state index in [2.05, 4.69) is 6.92 Å². The number of carboxylic acid groups (broad SMARTS) is 1. The van der Waals surface area contributed by atoms with Crippen molar-refractivity contribution in [1.82, 2.24) is 0 Å². The summed E-state index contributed by atoms with van der Waals surface area (Å²) in [6.45, 7) is 2.85. The Bertz CT molecular complexity index is 719. The molecule has 0 unspecified atom stereocenters. The lowest BCUT2D eigenvalue weighted by atomic mass is 10.2. The molecule has 2 aromatic carbocycles. The Hall–Kier alpha value is -2.95. The average Bonchev–Trinajstić information content (AvgIpc) is 2.64. The lowest BCUT2D eigenvalue weighted by molar-refractivity contribution is -0.131. The van der Waals surface area contributed by atoms with Crippen LogP contribution in [-0.4, -0.2) is 31.4 Å². The van der Waals surface area contributed by atoms with Crippen LogP contribution in [0.25, 0.3) is 6.08 Å². The van der Waals surface area contributed by atoms with E-state index in [1.807, 2.05) is 24.3 Å². The fourth-order valence-corrected chi connectivity index (χ4v) is 2.21. The van der Waals surface area contributed by atoms with Gasteiger partial charge in [-0.25, -0.2) is 4.79 Å². The Balaban J connectivity index is 1.91. The molecule has 0 aliphatic carbocycles. The van der Waals surface area contributed by atoms with E-state index in [0.29, 0.717) is 30.3 Å².